The van der Waals surface area contributed by atoms with Crippen molar-refractivity contribution in [2.75, 3.05) is 37.8 Å². The van der Waals surface area contributed by atoms with Crippen molar-refractivity contribution in [3.05, 3.63) is 41.9 Å². The van der Waals surface area contributed by atoms with Crippen LogP contribution in [-0.4, -0.2) is 42.1 Å². The van der Waals surface area contributed by atoms with E-state index in [4.69, 9.17) is 0 Å². The first kappa shape index (κ1) is 14.7. The maximum atomic E-state index is 4.49. The minimum Gasteiger partial charge on any atom is -0.384 e. The second kappa shape index (κ2) is 6.72. The van der Waals surface area contributed by atoms with Crippen LogP contribution in [0, 0.1) is 0 Å². The van der Waals surface area contributed by atoms with Crippen LogP contribution >= 0.6 is 11.3 Å². The normalized spacial score (nSPS) is 11.0. The second-order valence-electron chi connectivity index (χ2n) is 5.30. The lowest BCUT2D eigenvalue weighted by Crippen LogP contribution is -2.20. The Morgan fingerprint density at radius 3 is 2.64 bits per heavy atom. The number of nitrogens with zero attached hydrogens (tertiary/aromatic N) is 3. The van der Waals surface area contributed by atoms with E-state index in [9.17, 15) is 0 Å². The molecule has 0 saturated carbocycles. The van der Waals surface area contributed by atoms with Gasteiger partial charge < -0.3 is 15.5 Å². The third-order valence-electron chi connectivity index (χ3n) is 3.23. The molecule has 2 aromatic heterocycles. The summed E-state index contributed by atoms with van der Waals surface area (Å²) in [5.74, 6) is 0.624. The number of nitrogens with one attached hydrogen (secondary N) is 2. The molecular formula is C16H19N5S. The third kappa shape index (κ3) is 3.72. The van der Waals surface area contributed by atoms with Gasteiger partial charge in [0.1, 0.15) is 0 Å². The minimum absolute atomic E-state index is 0.624. The maximum absolute atomic E-state index is 4.49. The lowest BCUT2D eigenvalue weighted by Gasteiger charge is -2.12. The van der Waals surface area contributed by atoms with Crippen molar-refractivity contribution in [2.24, 2.45) is 0 Å². The zero-order chi connectivity index (χ0) is 15.4. The van der Waals surface area contributed by atoms with E-state index in [2.05, 4.69) is 51.7 Å². The van der Waals surface area contributed by atoms with Crippen LogP contribution in [0.5, 0.6) is 0 Å². The Labute approximate surface area is 134 Å². The van der Waals surface area contributed by atoms with Gasteiger partial charge in [0.25, 0.3) is 0 Å². The lowest BCUT2D eigenvalue weighted by atomic mass is 10.3. The summed E-state index contributed by atoms with van der Waals surface area (Å²) in [7, 11) is 4.14. The van der Waals surface area contributed by atoms with Gasteiger partial charge in [-0.2, -0.15) is 0 Å². The molecule has 0 aliphatic carbocycles. The molecule has 6 heteroatoms. The van der Waals surface area contributed by atoms with Crippen LogP contribution in [0.3, 0.4) is 0 Å². The highest BCUT2D eigenvalue weighted by Crippen LogP contribution is 2.21. The van der Waals surface area contributed by atoms with E-state index in [-0.39, 0.29) is 0 Å². The van der Waals surface area contributed by atoms with Crippen molar-refractivity contribution in [1.82, 2.24) is 14.9 Å². The zero-order valence-electron chi connectivity index (χ0n) is 12.7. The Hall–Kier alpha value is -2.18. The van der Waals surface area contributed by atoms with Gasteiger partial charge in [0.05, 0.1) is 16.4 Å². The molecule has 0 saturated heterocycles. The van der Waals surface area contributed by atoms with E-state index in [0.717, 1.165) is 34.7 Å². The van der Waals surface area contributed by atoms with Crippen molar-refractivity contribution in [3.8, 4) is 0 Å². The molecule has 0 unspecified atom stereocenters. The van der Waals surface area contributed by atoms with E-state index in [1.807, 2.05) is 29.8 Å². The van der Waals surface area contributed by atoms with Crippen LogP contribution in [-0.2, 0) is 0 Å². The monoisotopic (exact) mass is 313 g/mol. The average Bonchev–Trinajstić information content (AvgIpc) is 2.96. The smallest absolute Gasteiger partial charge is 0.227 e. The molecule has 2 heterocycles. The van der Waals surface area contributed by atoms with Gasteiger partial charge in [0.15, 0.2) is 0 Å². The number of anilines is 3. The van der Waals surface area contributed by atoms with Crippen molar-refractivity contribution in [1.29, 1.82) is 0 Å². The largest absolute Gasteiger partial charge is 0.384 e. The maximum Gasteiger partial charge on any atom is 0.227 e. The zero-order valence-corrected chi connectivity index (χ0v) is 13.5. The molecule has 0 spiro atoms. The summed E-state index contributed by atoms with van der Waals surface area (Å²) in [6, 6.07) is 10.2. The van der Waals surface area contributed by atoms with E-state index in [0.29, 0.717) is 5.95 Å². The first-order valence-electron chi connectivity index (χ1n) is 7.17. The summed E-state index contributed by atoms with van der Waals surface area (Å²) in [6.07, 6.45) is 1.85. The Bertz CT molecular complexity index is 736. The standard InChI is InChI=1S/C16H19N5S/c1-21(2)9-8-17-12-3-5-13(6-4-12)19-16-18-11-15-14(20-16)7-10-22-15/h3-7,10-11,17H,8-9H2,1-2H3,(H,18,19,20). The fraction of sp³-hybridized carbons (Fsp3) is 0.250. The quantitative estimate of drug-likeness (QED) is 0.730. The molecule has 0 bridgehead atoms. The van der Waals surface area contributed by atoms with Crippen LogP contribution in [0.2, 0.25) is 0 Å². The number of aromatic nitrogens is 2. The Kier molecular flexibility index (Phi) is 4.50. The highest BCUT2D eigenvalue weighted by atomic mass is 32.1. The van der Waals surface area contributed by atoms with Crippen molar-refractivity contribution in [2.45, 2.75) is 0 Å². The van der Waals surface area contributed by atoms with Gasteiger partial charge in [-0.05, 0) is 49.8 Å². The molecule has 0 amide bonds. The van der Waals surface area contributed by atoms with Gasteiger partial charge in [-0.15, -0.1) is 11.3 Å². The Morgan fingerprint density at radius 1 is 1.09 bits per heavy atom. The fourth-order valence-corrected chi connectivity index (χ4v) is 2.74. The molecule has 2 N–H and O–H groups in total. The summed E-state index contributed by atoms with van der Waals surface area (Å²) in [6.45, 7) is 1.94. The number of thiophene rings is 1. The molecule has 0 aliphatic rings. The van der Waals surface area contributed by atoms with Crippen molar-refractivity contribution in [3.63, 3.8) is 0 Å². The second-order valence-corrected chi connectivity index (χ2v) is 6.24. The SMILES string of the molecule is CN(C)CCNc1ccc(Nc2ncc3sccc3n2)cc1. The molecule has 3 rings (SSSR count). The molecule has 1 aromatic carbocycles. The van der Waals surface area contributed by atoms with Crippen molar-refractivity contribution >= 4 is 38.9 Å². The Morgan fingerprint density at radius 2 is 1.86 bits per heavy atom. The van der Waals surface area contributed by atoms with Gasteiger partial charge in [-0.3, -0.25) is 0 Å². The van der Waals surface area contributed by atoms with Crippen LogP contribution in [0.25, 0.3) is 10.2 Å². The highest BCUT2D eigenvalue weighted by Gasteiger charge is 2.02. The molecular weight excluding hydrogens is 294 g/mol. The first-order valence-corrected chi connectivity index (χ1v) is 8.04. The Balaban J connectivity index is 1.62. The first-order chi connectivity index (χ1) is 10.7. The molecule has 0 radical (unpaired) electrons. The number of hydrogen-bond donors (Lipinski definition) is 2. The topological polar surface area (TPSA) is 53.1 Å². The average molecular weight is 313 g/mol. The molecule has 0 aliphatic heterocycles. The van der Waals surface area contributed by atoms with Gasteiger partial charge in [-0.25, -0.2) is 9.97 Å². The van der Waals surface area contributed by atoms with Gasteiger partial charge in [0.2, 0.25) is 5.95 Å². The minimum atomic E-state index is 0.624. The van der Waals surface area contributed by atoms with E-state index >= 15 is 0 Å². The molecule has 114 valence electrons. The molecule has 5 nitrogen and oxygen atoms in total. The third-order valence-corrected chi connectivity index (χ3v) is 4.07. The summed E-state index contributed by atoms with van der Waals surface area (Å²) in [5.41, 5.74) is 3.07. The van der Waals surface area contributed by atoms with Crippen molar-refractivity contribution < 1.29 is 0 Å². The summed E-state index contributed by atoms with van der Waals surface area (Å²) in [5, 5.41) is 8.65. The number of hydrogen-bond acceptors (Lipinski definition) is 6. The van der Waals surface area contributed by atoms with E-state index < -0.39 is 0 Å². The number of benzene rings is 1. The predicted molar refractivity (Wildman–Crippen MR) is 94.2 cm³/mol. The van der Waals surface area contributed by atoms with E-state index in [1.54, 1.807) is 11.3 Å². The number of rotatable bonds is 6. The summed E-state index contributed by atoms with van der Waals surface area (Å²) < 4.78 is 1.10. The number of fused-ring (bicyclic) bond motifs is 1. The molecule has 0 fully saturated rings. The predicted octanol–water partition coefficient (Wildman–Crippen LogP) is 3.41. The fourth-order valence-electron chi connectivity index (χ4n) is 2.05. The summed E-state index contributed by atoms with van der Waals surface area (Å²) in [4.78, 5) is 11.0. The van der Waals surface area contributed by atoms with Crippen LogP contribution < -0.4 is 10.6 Å². The van der Waals surface area contributed by atoms with Crippen LogP contribution in [0.15, 0.2) is 41.9 Å². The molecule has 0 atom stereocenters. The van der Waals surface area contributed by atoms with Gasteiger partial charge in [0, 0.05) is 24.5 Å². The number of likely N-dealkylation sites (N-methyl/N-ethyl adjacent to an activating group) is 1. The highest BCUT2D eigenvalue weighted by molar-refractivity contribution is 7.17. The van der Waals surface area contributed by atoms with Crippen LogP contribution in [0.4, 0.5) is 17.3 Å². The summed E-state index contributed by atoms with van der Waals surface area (Å²) >= 11 is 1.65. The lowest BCUT2D eigenvalue weighted by molar-refractivity contribution is 0.425. The van der Waals surface area contributed by atoms with Crippen LogP contribution in [0.1, 0.15) is 0 Å². The van der Waals surface area contributed by atoms with Gasteiger partial charge in [-0.1, -0.05) is 0 Å². The molecule has 22 heavy (non-hydrogen) atoms. The van der Waals surface area contributed by atoms with E-state index in [1.165, 1.54) is 0 Å². The van der Waals surface area contributed by atoms with Gasteiger partial charge >= 0.3 is 0 Å². The molecule has 3 aromatic rings.